The number of hydrogen-bond acceptors (Lipinski definition) is 10. The van der Waals surface area contributed by atoms with Gasteiger partial charge in [0.05, 0.1) is 23.4 Å². The fraction of sp³-hybridized carbons (Fsp3) is 0.351. The number of ether oxygens (including phenoxy) is 1. The second-order valence-electron chi connectivity index (χ2n) is 11.7. The van der Waals surface area contributed by atoms with Gasteiger partial charge >= 0.3 is 0 Å². The average Bonchev–Trinajstić information content (AvgIpc) is 3.74. The summed E-state index contributed by atoms with van der Waals surface area (Å²) in [6, 6.07) is 13.0. The number of hydrogen-bond donors (Lipinski definition) is 1. The van der Waals surface area contributed by atoms with E-state index in [2.05, 4.69) is 56.1 Å². The van der Waals surface area contributed by atoms with Gasteiger partial charge in [0.1, 0.15) is 0 Å². The minimum Gasteiger partial charge on any atom is -0.491 e. The first-order valence-corrected chi connectivity index (χ1v) is 17.9. The largest absolute Gasteiger partial charge is 0.491 e. The molecule has 0 saturated heterocycles. The zero-order chi connectivity index (χ0) is 33.3. The molecule has 0 radical (unpaired) electrons. The number of unbranched alkanes of at least 4 members (excludes halogenated alkanes) is 2. The molecule has 0 atom stereocenters. The van der Waals surface area contributed by atoms with E-state index < -0.39 is 5.82 Å². The molecule has 0 unspecified atom stereocenters. The van der Waals surface area contributed by atoms with E-state index in [-0.39, 0.29) is 5.75 Å². The zero-order valence-corrected chi connectivity index (χ0v) is 28.9. The second kappa shape index (κ2) is 16.0. The standard InChI is InChI=1S/C37H38FN7OS2/c1-4-5-6-9-20-44(3)21-10-13-27-18-19-32(30(38)24-27)46-23-12-14-28-25-39-37(47-28)45-22-11-15-29-26(2)34(42-43-35(29)45)41-36-40-31-16-7-8-17-33(31)48-36/h1,7-8,16-19,24-25H,5-6,9,11-12,14-15,20-23H2,2-3H3,(H,40,41,42). The van der Waals surface area contributed by atoms with Gasteiger partial charge in [0.2, 0.25) is 0 Å². The van der Waals surface area contributed by atoms with E-state index in [4.69, 9.17) is 21.1 Å². The maximum Gasteiger partial charge on any atom is 0.191 e. The van der Waals surface area contributed by atoms with Crippen LogP contribution in [0, 0.1) is 36.9 Å². The van der Waals surface area contributed by atoms with E-state index in [1.807, 2.05) is 31.4 Å². The molecule has 2 aromatic carbocycles. The molecule has 0 aliphatic carbocycles. The SMILES string of the molecule is C#CCCCCN(C)CC#Cc1ccc(OCCCc2cnc(N3CCCc4c3nnc(Nc3nc5ccccc5s3)c4C)s2)c(F)c1. The molecule has 0 fully saturated rings. The van der Waals surface area contributed by atoms with Crippen LogP contribution in [0.1, 0.15) is 53.7 Å². The number of thiazole rings is 2. The van der Waals surface area contributed by atoms with E-state index in [9.17, 15) is 4.39 Å². The third-order valence-corrected chi connectivity index (χ3v) is 10.2. The molecule has 0 spiro atoms. The summed E-state index contributed by atoms with van der Waals surface area (Å²) in [7, 11) is 2.03. The number of aryl methyl sites for hydroxylation is 1. The van der Waals surface area contributed by atoms with Crippen LogP contribution in [-0.4, -0.2) is 58.4 Å². The highest BCUT2D eigenvalue weighted by molar-refractivity contribution is 7.22. The van der Waals surface area contributed by atoms with Crippen molar-refractivity contribution in [1.29, 1.82) is 0 Å². The molecule has 1 N–H and O–H groups in total. The lowest BCUT2D eigenvalue weighted by molar-refractivity contribution is 0.296. The fourth-order valence-corrected chi connectivity index (χ4v) is 7.38. The van der Waals surface area contributed by atoms with Crippen LogP contribution >= 0.6 is 22.7 Å². The van der Waals surface area contributed by atoms with Gasteiger partial charge in [-0.15, -0.1) is 33.9 Å². The lowest BCUT2D eigenvalue weighted by atomic mass is 10.0. The van der Waals surface area contributed by atoms with Gasteiger partial charge in [-0.3, -0.25) is 4.90 Å². The van der Waals surface area contributed by atoms with E-state index in [1.165, 1.54) is 11.6 Å². The number of nitrogens with one attached hydrogen (secondary N) is 1. The Morgan fingerprint density at radius 2 is 2.02 bits per heavy atom. The molecule has 5 aromatic rings. The van der Waals surface area contributed by atoms with Crippen molar-refractivity contribution in [2.24, 2.45) is 0 Å². The van der Waals surface area contributed by atoms with Gasteiger partial charge in [-0.1, -0.05) is 35.3 Å². The third-order valence-electron chi connectivity index (χ3n) is 8.13. The fourth-order valence-electron chi connectivity index (χ4n) is 5.54. The molecule has 6 rings (SSSR count). The van der Waals surface area contributed by atoms with Crippen molar-refractivity contribution in [3.63, 3.8) is 0 Å². The predicted molar refractivity (Wildman–Crippen MR) is 194 cm³/mol. The van der Waals surface area contributed by atoms with Crippen LogP contribution in [0.15, 0.2) is 48.7 Å². The molecule has 48 heavy (non-hydrogen) atoms. The summed E-state index contributed by atoms with van der Waals surface area (Å²) in [5.74, 6) is 10.3. The minimum absolute atomic E-state index is 0.243. The molecule has 0 bridgehead atoms. The van der Waals surface area contributed by atoms with Crippen LogP contribution in [0.5, 0.6) is 5.75 Å². The van der Waals surface area contributed by atoms with Crippen molar-refractivity contribution in [3.8, 4) is 29.9 Å². The van der Waals surface area contributed by atoms with Crippen LogP contribution in [0.4, 0.5) is 26.3 Å². The third kappa shape index (κ3) is 8.29. The molecular formula is C37H38FN7OS2. The highest BCUT2D eigenvalue weighted by Gasteiger charge is 2.26. The minimum atomic E-state index is -0.400. The maximum absolute atomic E-state index is 14.7. The van der Waals surface area contributed by atoms with E-state index >= 15 is 0 Å². The van der Waals surface area contributed by atoms with E-state index in [0.29, 0.717) is 18.7 Å². The number of benzene rings is 2. The van der Waals surface area contributed by atoms with Gasteiger partial charge in [0.25, 0.3) is 0 Å². The van der Waals surface area contributed by atoms with Crippen molar-refractivity contribution < 1.29 is 9.13 Å². The molecule has 4 heterocycles. The Morgan fingerprint density at radius 1 is 1.12 bits per heavy atom. The van der Waals surface area contributed by atoms with Gasteiger partial charge in [0.15, 0.2) is 33.5 Å². The van der Waals surface area contributed by atoms with Crippen LogP contribution in [0.25, 0.3) is 10.2 Å². The Hall–Kier alpha value is -4.55. The molecule has 0 saturated carbocycles. The van der Waals surface area contributed by atoms with Crippen molar-refractivity contribution in [1.82, 2.24) is 25.1 Å². The molecular weight excluding hydrogens is 642 g/mol. The van der Waals surface area contributed by atoms with Gasteiger partial charge in [0, 0.05) is 40.7 Å². The summed E-state index contributed by atoms with van der Waals surface area (Å²) in [5.41, 5.74) is 3.87. The topological polar surface area (TPSA) is 79.3 Å². The average molecular weight is 680 g/mol. The number of halogens is 1. The Labute approximate surface area is 289 Å². The van der Waals surface area contributed by atoms with Crippen molar-refractivity contribution in [2.45, 2.75) is 51.9 Å². The number of aromatic nitrogens is 4. The number of rotatable bonds is 13. The molecule has 11 heteroatoms. The Morgan fingerprint density at radius 3 is 2.88 bits per heavy atom. The van der Waals surface area contributed by atoms with Crippen molar-refractivity contribution >= 4 is 54.8 Å². The van der Waals surface area contributed by atoms with Crippen LogP contribution in [0.2, 0.25) is 0 Å². The summed E-state index contributed by atoms with van der Waals surface area (Å²) in [4.78, 5) is 14.9. The first kappa shape index (κ1) is 33.4. The van der Waals surface area contributed by atoms with Gasteiger partial charge < -0.3 is 15.0 Å². The molecule has 1 aliphatic heterocycles. The van der Waals surface area contributed by atoms with Gasteiger partial charge in [-0.2, -0.15) is 0 Å². The Kier molecular flexibility index (Phi) is 11.1. The predicted octanol–water partition coefficient (Wildman–Crippen LogP) is 7.92. The Bertz CT molecular complexity index is 1940. The molecule has 0 amide bonds. The lowest BCUT2D eigenvalue weighted by Crippen LogP contribution is -2.27. The number of fused-ring (bicyclic) bond motifs is 2. The normalized spacial score (nSPS) is 12.4. The lowest BCUT2D eigenvalue weighted by Gasteiger charge is -2.28. The molecule has 1 aliphatic rings. The zero-order valence-electron chi connectivity index (χ0n) is 27.3. The summed E-state index contributed by atoms with van der Waals surface area (Å²) in [5, 5.41) is 14.3. The van der Waals surface area contributed by atoms with Crippen LogP contribution < -0.4 is 15.0 Å². The summed E-state index contributed by atoms with van der Waals surface area (Å²) in [6.07, 6.45) is 13.6. The highest BCUT2D eigenvalue weighted by Crippen LogP contribution is 2.38. The van der Waals surface area contributed by atoms with Crippen molar-refractivity contribution in [3.05, 3.63) is 76.0 Å². The van der Waals surface area contributed by atoms with Gasteiger partial charge in [-0.05, 0) is 89.4 Å². The number of anilines is 4. The van der Waals surface area contributed by atoms with Crippen LogP contribution in [0.3, 0.4) is 0 Å². The highest BCUT2D eigenvalue weighted by atomic mass is 32.1. The second-order valence-corrected chi connectivity index (χ2v) is 13.9. The number of terminal acetylenes is 1. The monoisotopic (exact) mass is 679 g/mol. The van der Waals surface area contributed by atoms with Crippen LogP contribution in [-0.2, 0) is 12.8 Å². The summed E-state index contributed by atoms with van der Waals surface area (Å²) >= 11 is 3.26. The van der Waals surface area contributed by atoms with E-state index in [1.54, 1.807) is 34.8 Å². The smallest absolute Gasteiger partial charge is 0.191 e. The summed E-state index contributed by atoms with van der Waals surface area (Å²) in [6.45, 7) is 4.89. The quantitative estimate of drug-likeness (QED) is 0.0994. The maximum atomic E-state index is 14.7. The number of nitrogens with zero attached hydrogens (tertiary/aromatic N) is 6. The Balaban J connectivity index is 0.996. The first-order chi connectivity index (χ1) is 23.5. The van der Waals surface area contributed by atoms with Gasteiger partial charge in [-0.25, -0.2) is 14.4 Å². The number of para-hydroxylation sites is 1. The molecule has 3 aromatic heterocycles. The first-order valence-electron chi connectivity index (χ1n) is 16.2. The van der Waals surface area contributed by atoms with Crippen molar-refractivity contribution in [2.75, 3.05) is 43.5 Å². The molecule has 246 valence electrons. The molecule has 8 nitrogen and oxygen atoms in total. The van der Waals surface area contributed by atoms with E-state index in [0.717, 1.165) is 101 Å². The summed E-state index contributed by atoms with van der Waals surface area (Å²) < 4.78 is 21.6.